The first-order valence-electron chi connectivity index (χ1n) is 4.66. The summed E-state index contributed by atoms with van der Waals surface area (Å²) < 4.78 is 5.29. The highest BCUT2D eigenvalue weighted by Gasteiger charge is 2.15. The van der Waals surface area contributed by atoms with E-state index in [0.29, 0.717) is 0 Å². The molecule has 0 aromatic heterocycles. The van der Waals surface area contributed by atoms with Gasteiger partial charge in [-0.15, -0.1) is 0 Å². The predicted octanol–water partition coefficient (Wildman–Crippen LogP) is 1.48. The molecule has 1 aromatic rings. The Kier molecular flexibility index (Phi) is 3.44. The number of carbonyl (C=O) groups excluding carboxylic acids is 1. The lowest BCUT2D eigenvalue weighted by atomic mass is 10.1. The van der Waals surface area contributed by atoms with E-state index in [-0.39, 0.29) is 23.1 Å². The molecule has 0 aliphatic heterocycles. The number of rotatable bonds is 4. The highest BCUT2D eigenvalue weighted by molar-refractivity contribution is 5.96. The van der Waals surface area contributed by atoms with Gasteiger partial charge < -0.3 is 10.5 Å². The largest absolute Gasteiger partial charge is 0.490 e. The van der Waals surface area contributed by atoms with Crippen LogP contribution in [-0.2, 0) is 0 Å². The van der Waals surface area contributed by atoms with Gasteiger partial charge in [0.25, 0.3) is 11.6 Å². The lowest BCUT2D eigenvalue weighted by molar-refractivity contribution is -0.384. The second-order valence-corrected chi connectivity index (χ2v) is 3.47. The fraction of sp³-hybridized carbons (Fsp3) is 0.300. The van der Waals surface area contributed by atoms with Crippen molar-refractivity contribution in [1.82, 2.24) is 0 Å². The molecule has 6 nitrogen and oxygen atoms in total. The highest BCUT2D eigenvalue weighted by Crippen LogP contribution is 2.25. The van der Waals surface area contributed by atoms with Crippen LogP contribution in [0.25, 0.3) is 0 Å². The molecule has 1 amide bonds. The van der Waals surface area contributed by atoms with Crippen LogP contribution < -0.4 is 10.5 Å². The first kappa shape index (κ1) is 12.0. The number of nitrogens with two attached hydrogens (primary N) is 1. The Hall–Kier alpha value is -2.11. The second kappa shape index (κ2) is 4.61. The van der Waals surface area contributed by atoms with Crippen LogP contribution in [0, 0.1) is 10.1 Å². The summed E-state index contributed by atoms with van der Waals surface area (Å²) in [7, 11) is 0. The van der Waals surface area contributed by atoms with Crippen molar-refractivity contribution in [3.05, 3.63) is 33.9 Å². The molecule has 16 heavy (non-hydrogen) atoms. The van der Waals surface area contributed by atoms with E-state index in [1.165, 1.54) is 18.2 Å². The molecular formula is C10H12N2O4. The average Bonchev–Trinajstić information content (AvgIpc) is 2.15. The third-order valence-electron chi connectivity index (χ3n) is 1.80. The quantitative estimate of drug-likeness (QED) is 0.618. The summed E-state index contributed by atoms with van der Waals surface area (Å²) in [4.78, 5) is 21.1. The van der Waals surface area contributed by atoms with E-state index < -0.39 is 10.8 Å². The molecule has 86 valence electrons. The Bertz CT molecular complexity index is 429. The maximum absolute atomic E-state index is 11.1. The van der Waals surface area contributed by atoms with Crippen LogP contribution in [0.15, 0.2) is 18.2 Å². The van der Waals surface area contributed by atoms with Crippen LogP contribution in [0.1, 0.15) is 24.2 Å². The summed E-state index contributed by atoms with van der Waals surface area (Å²) in [6.45, 7) is 3.51. The third-order valence-corrected chi connectivity index (χ3v) is 1.80. The molecule has 0 heterocycles. The van der Waals surface area contributed by atoms with Gasteiger partial charge in [-0.2, -0.15) is 0 Å². The van der Waals surface area contributed by atoms with Crippen molar-refractivity contribution in [2.75, 3.05) is 0 Å². The fourth-order valence-electron chi connectivity index (χ4n) is 1.18. The van der Waals surface area contributed by atoms with Gasteiger partial charge in [-0.05, 0) is 19.9 Å². The van der Waals surface area contributed by atoms with Gasteiger partial charge in [-0.25, -0.2) is 0 Å². The van der Waals surface area contributed by atoms with E-state index in [9.17, 15) is 14.9 Å². The molecule has 0 saturated carbocycles. The lowest BCUT2D eigenvalue weighted by Crippen LogP contribution is -2.15. The smallest absolute Gasteiger partial charge is 0.273 e. The Labute approximate surface area is 92.2 Å². The van der Waals surface area contributed by atoms with Crippen molar-refractivity contribution < 1.29 is 14.5 Å². The summed E-state index contributed by atoms with van der Waals surface area (Å²) in [6, 6.07) is 3.70. The molecule has 0 aliphatic rings. The molecule has 1 rings (SSSR count). The maximum atomic E-state index is 11.1. The Morgan fingerprint density at radius 3 is 2.56 bits per heavy atom. The van der Waals surface area contributed by atoms with E-state index in [1.54, 1.807) is 13.8 Å². The average molecular weight is 224 g/mol. The van der Waals surface area contributed by atoms with E-state index >= 15 is 0 Å². The summed E-state index contributed by atoms with van der Waals surface area (Å²) in [5.74, 6) is -0.540. The Balaban J connectivity index is 3.21. The standard InChI is InChI=1S/C10H12N2O4/c1-6(2)16-9-5-7(12(14)15)3-4-8(9)10(11)13/h3-6H,1-2H3,(H2,11,13). The van der Waals surface area contributed by atoms with Crippen LogP contribution in [-0.4, -0.2) is 16.9 Å². The number of ether oxygens (including phenoxy) is 1. The summed E-state index contributed by atoms with van der Waals surface area (Å²) in [5.41, 5.74) is 5.13. The number of benzene rings is 1. The minimum absolute atomic E-state index is 0.136. The number of hydrogen-bond donors (Lipinski definition) is 1. The first-order valence-corrected chi connectivity index (χ1v) is 4.66. The topological polar surface area (TPSA) is 95.5 Å². The second-order valence-electron chi connectivity index (χ2n) is 3.47. The molecule has 0 atom stereocenters. The number of non-ortho nitro benzene ring substituents is 1. The molecule has 0 aliphatic carbocycles. The van der Waals surface area contributed by atoms with Gasteiger partial charge in [-0.1, -0.05) is 0 Å². The van der Waals surface area contributed by atoms with Crippen LogP contribution in [0.2, 0.25) is 0 Å². The molecule has 0 bridgehead atoms. The van der Waals surface area contributed by atoms with Crippen LogP contribution >= 0.6 is 0 Å². The normalized spacial score (nSPS) is 10.2. The van der Waals surface area contributed by atoms with Crippen molar-refractivity contribution in [3.8, 4) is 5.75 Å². The number of nitro groups is 1. The van der Waals surface area contributed by atoms with Gasteiger partial charge in [0.05, 0.1) is 22.7 Å². The molecule has 0 saturated heterocycles. The van der Waals surface area contributed by atoms with Gasteiger partial charge in [0.1, 0.15) is 5.75 Å². The van der Waals surface area contributed by atoms with E-state index in [1.807, 2.05) is 0 Å². The molecule has 0 radical (unpaired) electrons. The van der Waals surface area contributed by atoms with Gasteiger partial charge in [0.15, 0.2) is 0 Å². The number of nitro benzene ring substituents is 1. The Morgan fingerprint density at radius 1 is 1.50 bits per heavy atom. The number of amides is 1. The van der Waals surface area contributed by atoms with Crippen molar-refractivity contribution in [2.24, 2.45) is 5.73 Å². The van der Waals surface area contributed by atoms with Crippen LogP contribution in [0.4, 0.5) is 5.69 Å². The van der Waals surface area contributed by atoms with Gasteiger partial charge in [0.2, 0.25) is 0 Å². The zero-order chi connectivity index (χ0) is 12.3. The van der Waals surface area contributed by atoms with Gasteiger partial charge in [-0.3, -0.25) is 14.9 Å². The fourth-order valence-corrected chi connectivity index (χ4v) is 1.18. The zero-order valence-electron chi connectivity index (χ0n) is 8.97. The molecule has 0 unspecified atom stereocenters. The first-order chi connectivity index (χ1) is 7.41. The highest BCUT2D eigenvalue weighted by atomic mass is 16.6. The molecule has 6 heteroatoms. The maximum Gasteiger partial charge on any atom is 0.273 e. The van der Waals surface area contributed by atoms with E-state index in [2.05, 4.69) is 0 Å². The monoisotopic (exact) mass is 224 g/mol. The van der Waals surface area contributed by atoms with Crippen LogP contribution in [0.3, 0.4) is 0 Å². The molecule has 0 spiro atoms. The summed E-state index contributed by atoms with van der Waals surface area (Å²) in [5, 5.41) is 10.6. The third kappa shape index (κ3) is 2.69. The number of carbonyl (C=O) groups is 1. The van der Waals surface area contributed by atoms with Gasteiger partial charge >= 0.3 is 0 Å². The zero-order valence-corrected chi connectivity index (χ0v) is 8.97. The van der Waals surface area contributed by atoms with E-state index in [4.69, 9.17) is 10.5 Å². The van der Waals surface area contributed by atoms with Gasteiger partial charge in [0, 0.05) is 6.07 Å². The predicted molar refractivity (Wildman–Crippen MR) is 57.4 cm³/mol. The SMILES string of the molecule is CC(C)Oc1cc([N+](=O)[O-])ccc1C(N)=O. The minimum Gasteiger partial charge on any atom is -0.490 e. The molecule has 1 aromatic carbocycles. The van der Waals surface area contributed by atoms with Crippen molar-refractivity contribution in [2.45, 2.75) is 20.0 Å². The number of primary amides is 1. The van der Waals surface area contributed by atoms with Crippen LogP contribution in [0.5, 0.6) is 5.75 Å². The molecule has 0 fully saturated rings. The molecular weight excluding hydrogens is 212 g/mol. The number of nitrogens with zero attached hydrogens (tertiary/aromatic N) is 1. The molecule has 2 N–H and O–H groups in total. The van der Waals surface area contributed by atoms with E-state index in [0.717, 1.165) is 0 Å². The number of hydrogen-bond acceptors (Lipinski definition) is 4. The Morgan fingerprint density at radius 2 is 2.12 bits per heavy atom. The summed E-state index contributed by atoms with van der Waals surface area (Å²) in [6.07, 6.45) is -0.194. The van der Waals surface area contributed by atoms with Crippen molar-refractivity contribution >= 4 is 11.6 Å². The van der Waals surface area contributed by atoms with Crippen molar-refractivity contribution in [3.63, 3.8) is 0 Å². The van der Waals surface area contributed by atoms with Crippen molar-refractivity contribution in [1.29, 1.82) is 0 Å². The lowest BCUT2D eigenvalue weighted by Gasteiger charge is -2.12. The minimum atomic E-state index is -0.675. The summed E-state index contributed by atoms with van der Waals surface area (Å²) >= 11 is 0.